The van der Waals surface area contributed by atoms with Crippen molar-refractivity contribution in [3.8, 4) is 0 Å². The number of amides is 1. The zero-order chi connectivity index (χ0) is 11.3. The molecule has 0 aromatic heterocycles. The zero-order valence-corrected chi connectivity index (χ0v) is 9.74. The fraction of sp³-hybridized carbons (Fsp3) is 0.909. The van der Waals surface area contributed by atoms with Gasteiger partial charge in [-0.2, -0.15) is 0 Å². The van der Waals surface area contributed by atoms with E-state index in [0.717, 1.165) is 31.8 Å². The lowest BCUT2D eigenvalue weighted by Gasteiger charge is -2.23. The van der Waals surface area contributed by atoms with Crippen LogP contribution in [0.5, 0.6) is 0 Å². The van der Waals surface area contributed by atoms with Crippen LogP contribution in [-0.2, 0) is 9.53 Å². The minimum atomic E-state index is -0.497. The van der Waals surface area contributed by atoms with Gasteiger partial charge in [0.05, 0.1) is 6.61 Å². The van der Waals surface area contributed by atoms with Crippen molar-refractivity contribution in [2.45, 2.75) is 32.2 Å². The number of nitrogens with two attached hydrogens (primary N) is 1. The monoisotopic (exact) mass is 214 g/mol. The lowest BCUT2D eigenvalue weighted by Crippen LogP contribution is -2.46. The number of likely N-dealkylation sites (tertiary alicyclic amines) is 1. The van der Waals surface area contributed by atoms with E-state index in [1.54, 1.807) is 7.11 Å². The molecule has 15 heavy (non-hydrogen) atoms. The molecule has 4 nitrogen and oxygen atoms in total. The lowest BCUT2D eigenvalue weighted by atomic mass is 10.0. The average molecular weight is 214 g/mol. The molecular weight excluding hydrogens is 192 g/mol. The van der Waals surface area contributed by atoms with Crippen LogP contribution in [-0.4, -0.2) is 43.7 Å². The number of hydrogen-bond acceptors (Lipinski definition) is 3. The molecule has 2 atom stereocenters. The molecule has 1 amide bonds. The number of carbonyl (C=O) groups excluding carboxylic acids is 1. The number of methoxy groups -OCH3 is 1. The summed E-state index contributed by atoms with van der Waals surface area (Å²) in [5.41, 5.74) is 5.73. The van der Waals surface area contributed by atoms with Crippen LogP contribution in [0.1, 0.15) is 26.2 Å². The minimum absolute atomic E-state index is 0.0333. The Balaban J connectivity index is 2.44. The van der Waals surface area contributed by atoms with Crippen molar-refractivity contribution >= 4 is 5.91 Å². The van der Waals surface area contributed by atoms with E-state index in [2.05, 4.69) is 6.92 Å². The van der Waals surface area contributed by atoms with Gasteiger partial charge in [0.1, 0.15) is 6.04 Å². The molecule has 1 saturated heterocycles. The van der Waals surface area contributed by atoms with Gasteiger partial charge in [0.15, 0.2) is 0 Å². The largest absolute Gasteiger partial charge is 0.383 e. The molecule has 88 valence electrons. The van der Waals surface area contributed by atoms with Crippen molar-refractivity contribution in [2.24, 2.45) is 11.7 Å². The van der Waals surface area contributed by atoms with Gasteiger partial charge in [0.2, 0.25) is 5.91 Å². The van der Waals surface area contributed by atoms with Gasteiger partial charge in [-0.3, -0.25) is 4.79 Å². The Morgan fingerprint density at radius 3 is 2.93 bits per heavy atom. The number of ether oxygens (including phenoxy) is 1. The summed E-state index contributed by atoms with van der Waals surface area (Å²) in [5.74, 6) is 0.757. The highest BCUT2D eigenvalue weighted by Gasteiger charge is 2.22. The second-order valence-corrected chi connectivity index (χ2v) is 4.42. The van der Waals surface area contributed by atoms with E-state index >= 15 is 0 Å². The highest BCUT2D eigenvalue weighted by molar-refractivity contribution is 5.81. The molecule has 0 aromatic carbocycles. The smallest absolute Gasteiger partial charge is 0.241 e. The van der Waals surface area contributed by atoms with E-state index in [9.17, 15) is 4.79 Å². The Morgan fingerprint density at radius 2 is 2.27 bits per heavy atom. The zero-order valence-electron chi connectivity index (χ0n) is 9.74. The number of rotatable bonds is 3. The standard InChI is InChI=1S/C11H22N2O2/c1-9-4-3-6-13(7-5-9)11(14)10(12)8-15-2/h9-10H,3-8,12H2,1-2H3. The number of hydrogen-bond donors (Lipinski definition) is 1. The second kappa shape index (κ2) is 6.08. The molecule has 0 radical (unpaired) electrons. The Kier molecular flexibility index (Phi) is 5.05. The third-order valence-electron chi connectivity index (χ3n) is 2.99. The third kappa shape index (κ3) is 3.80. The van der Waals surface area contributed by atoms with Crippen LogP contribution in [0.25, 0.3) is 0 Å². The first-order valence-corrected chi connectivity index (χ1v) is 5.68. The maximum Gasteiger partial charge on any atom is 0.241 e. The predicted molar refractivity (Wildman–Crippen MR) is 59.4 cm³/mol. The van der Waals surface area contributed by atoms with E-state index in [-0.39, 0.29) is 5.91 Å². The summed E-state index contributed by atoms with van der Waals surface area (Å²) in [4.78, 5) is 13.8. The Hall–Kier alpha value is -0.610. The molecule has 1 fully saturated rings. The Morgan fingerprint density at radius 1 is 1.53 bits per heavy atom. The van der Waals surface area contributed by atoms with Gasteiger partial charge in [0.25, 0.3) is 0 Å². The maximum absolute atomic E-state index is 11.9. The van der Waals surface area contributed by atoms with Gasteiger partial charge >= 0.3 is 0 Å². The SMILES string of the molecule is COCC(N)C(=O)N1CCCC(C)CC1. The summed E-state index contributed by atoms with van der Waals surface area (Å²) in [6.07, 6.45) is 3.39. The van der Waals surface area contributed by atoms with Crippen LogP contribution >= 0.6 is 0 Å². The Labute approximate surface area is 91.8 Å². The van der Waals surface area contributed by atoms with E-state index in [1.807, 2.05) is 4.90 Å². The molecule has 1 rings (SSSR count). The summed E-state index contributed by atoms with van der Waals surface area (Å²) >= 11 is 0. The van der Waals surface area contributed by atoms with Gasteiger partial charge in [-0.1, -0.05) is 6.92 Å². The Bertz CT molecular complexity index is 209. The second-order valence-electron chi connectivity index (χ2n) is 4.42. The van der Waals surface area contributed by atoms with Crippen LogP contribution in [0.15, 0.2) is 0 Å². The van der Waals surface area contributed by atoms with Crippen molar-refractivity contribution in [1.29, 1.82) is 0 Å². The van der Waals surface area contributed by atoms with Crippen molar-refractivity contribution in [3.63, 3.8) is 0 Å². The fourth-order valence-corrected chi connectivity index (χ4v) is 1.97. The van der Waals surface area contributed by atoms with Crippen molar-refractivity contribution in [2.75, 3.05) is 26.8 Å². The average Bonchev–Trinajstić information content (AvgIpc) is 2.42. The van der Waals surface area contributed by atoms with E-state index < -0.39 is 6.04 Å². The molecule has 0 bridgehead atoms. The fourth-order valence-electron chi connectivity index (χ4n) is 1.97. The number of carbonyl (C=O) groups is 1. The molecule has 0 aliphatic carbocycles. The molecule has 4 heteroatoms. The summed E-state index contributed by atoms with van der Waals surface area (Å²) in [6.45, 7) is 4.24. The van der Waals surface area contributed by atoms with Crippen LogP contribution in [0.3, 0.4) is 0 Å². The summed E-state index contributed by atoms with van der Waals surface area (Å²) in [7, 11) is 1.57. The quantitative estimate of drug-likeness (QED) is 0.749. The summed E-state index contributed by atoms with van der Waals surface area (Å²) < 4.78 is 4.90. The molecule has 1 aliphatic heterocycles. The van der Waals surface area contributed by atoms with Gasteiger partial charge in [-0.05, 0) is 25.2 Å². The molecule has 1 aliphatic rings. The van der Waals surface area contributed by atoms with E-state index in [0.29, 0.717) is 6.61 Å². The summed E-state index contributed by atoms with van der Waals surface area (Å²) in [6, 6.07) is -0.497. The van der Waals surface area contributed by atoms with Gasteiger partial charge in [0, 0.05) is 20.2 Å². The molecule has 2 N–H and O–H groups in total. The van der Waals surface area contributed by atoms with E-state index in [4.69, 9.17) is 10.5 Å². The normalized spacial score (nSPS) is 24.7. The highest BCUT2D eigenvalue weighted by Crippen LogP contribution is 2.16. The van der Waals surface area contributed by atoms with Crippen LogP contribution in [0, 0.1) is 5.92 Å². The molecule has 2 unspecified atom stereocenters. The lowest BCUT2D eigenvalue weighted by molar-refractivity contribution is -0.133. The maximum atomic E-state index is 11.9. The van der Waals surface area contributed by atoms with Crippen LogP contribution in [0.4, 0.5) is 0 Å². The first-order valence-electron chi connectivity index (χ1n) is 5.68. The van der Waals surface area contributed by atoms with Gasteiger partial charge < -0.3 is 15.4 Å². The minimum Gasteiger partial charge on any atom is -0.383 e. The van der Waals surface area contributed by atoms with E-state index in [1.165, 1.54) is 6.42 Å². The van der Waals surface area contributed by atoms with Crippen LogP contribution < -0.4 is 5.73 Å². The highest BCUT2D eigenvalue weighted by atomic mass is 16.5. The number of nitrogens with zero attached hydrogens (tertiary/aromatic N) is 1. The van der Waals surface area contributed by atoms with Crippen molar-refractivity contribution in [1.82, 2.24) is 4.90 Å². The first kappa shape index (κ1) is 12.5. The molecular formula is C11H22N2O2. The van der Waals surface area contributed by atoms with Crippen LogP contribution in [0.2, 0.25) is 0 Å². The predicted octanol–water partition coefficient (Wildman–Crippen LogP) is 0.609. The summed E-state index contributed by atoms with van der Waals surface area (Å²) in [5, 5.41) is 0. The van der Waals surface area contributed by atoms with Crippen molar-refractivity contribution in [3.05, 3.63) is 0 Å². The molecule has 0 spiro atoms. The van der Waals surface area contributed by atoms with Gasteiger partial charge in [-0.15, -0.1) is 0 Å². The topological polar surface area (TPSA) is 55.6 Å². The third-order valence-corrected chi connectivity index (χ3v) is 2.99. The molecule has 1 heterocycles. The van der Waals surface area contributed by atoms with Crippen molar-refractivity contribution < 1.29 is 9.53 Å². The molecule has 0 saturated carbocycles. The first-order chi connectivity index (χ1) is 7.15. The van der Waals surface area contributed by atoms with Gasteiger partial charge in [-0.25, -0.2) is 0 Å². The molecule has 0 aromatic rings.